The molecule has 1 heterocycles. The summed E-state index contributed by atoms with van der Waals surface area (Å²) in [5.74, 6) is 5.46. The zero-order valence-electron chi connectivity index (χ0n) is 19.7. The molecule has 1 radical (unpaired) electrons. The van der Waals surface area contributed by atoms with Gasteiger partial charge >= 0.3 is 0 Å². The standard InChI is InChI=1S/C28H26FN2O4S/c1-36(34,35)30-17-5-8-20-11-15-25(31-26(19-28(31)33)21-6-3-2-4-7-21)18-23(20)12-16-27(32)22-9-13-24(29)14-10-22/h3-4,6-7,9-11,13-15,18,26-27,30,32H,12,16-17,19H2,1H3/t26?,27-/m0/s1. The monoisotopic (exact) mass is 505 g/mol. The summed E-state index contributed by atoms with van der Waals surface area (Å²) in [6, 6.07) is 21.7. The SMILES string of the molecule is CS(=O)(=O)NCC#Cc1ccc(N2C(=O)CC2c2cc[c]cc2)cc1CC[C@H](O)c1ccc(F)cc1. The molecule has 1 aliphatic heterocycles. The number of halogens is 1. The number of anilines is 1. The van der Waals surface area contributed by atoms with Crippen LogP contribution in [0.3, 0.4) is 0 Å². The maximum Gasteiger partial charge on any atom is 0.230 e. The Morgan fingerprint density at radius 1 is 1.17 bits per heavy atom. The predicted molar refractivity (Wildman–Crippen MR) is 136 cm³/mol. The molecule has 8 heteroatoms. The lowest BCUT2D eigenvalue weighted by Crippen LogP contribution is -2.46. The average molecular weight is 506 g/mol. The largest absolute Gasteiger partial charge is 0.388 e. The summed E-state index contributed by atoms with van der Waals surface area (Å²) in [6.07, 6.45) is 1.49. The van der Waals surface area contributed by atoms with Gasteiger partial charge in [-0.2, -0.15) is 0 Å². The zero-order chi connectivity index (χ0) is 25.7. The Morgan fingerprint density at radius 3 is 2.56 bits per heavy atom. The molecule has 0 aromatic heterocycles. The van der Waals surface area contributed by atoms with E-state index in [9.17, 15) is 22.7 Å². The lowest BCUT2D eigenvalue weighted by atomic mass is 9.91. The number of amides is 1. The molecule has 1 saturated heterocycles. The zero-order valence-corrected chi connectivity index (χ0v) is 20.6. The number of aliphatic hydroxyl groups excluding tert-OH is 1. The third kappa shape index (κ3) is 6.38. The average Bonchev–Trinajstić information content (AvgIpc) is 2.84. The number of hydrogen-bond donors (Lipinski definition) is 2. The number of hydrogen-bond acceptors (Lipinski definition) is 4. The van der Waals surface area contributed by atoms with Crippen LogP contribution in [0.1, 0.15) is 47.2 Å². The smallest absolute Gasteiger partial charge is 0.230 e. The first-order valence-corrected chi connectivity index (χ1v) is 13.4. The minimum atomic E-state index is -3.35. The first-order chi connectivity index (χ1) is 17.2. The molecule has 4 rings (SSSR count). The minimum Gasteiger partial charge on any atom is -0.388 e. The van der Waals surface area contributed by atoms with E-state index >= 15 is 0 Å². The number of aryl methyl sites for hydroxylation is 1. The van der Waals surface area contributed by atoms with Crippen molar-refractivity contribution in [2.45, 2.75) is 31.4 Å². The fourth-order valence-corrected chi connectivity index (χ4v) is 4.47. The third-order valence-electron chi connectivity index (χ3n) is 6.03. The van der Waals surface area contributed by atoms with E-state index in [1.807, 2.05) is 42.5 Å². The first kappa shape index (κ1) is 25.6. The van der Waals surface area contributed by atoms with Gasteiger partial charge in [-0.1, -0.05) is 48.2 Å². The third-order valence-corrected chi connectivity index (χ3v) is 6.70. The van der Waals surface area contributed by atoms with Gasteiger partial charge in [0.2, 0.25) is 15.9 Å². The van der Waals surface area contributed by atoms with Crippen LogP contribution >= 0.6 is 0 Å². The molecule has 36 heavy (non-hydrogen) atoms. The van der Waals surface area contributed by atoms with E-state index in [0.29, 0.717) is 30.4 Å². The fourth-order valence-electron chi connectivity index (χ4n) is 4.14. The van der Waals surface area contributed by atoms with Crippen molar-refractivity contribution in [1.29, 1.82) is 0 Å². The van der Waals surface area contributed by atoms with Gasteiger partial charge in [-0.3, -0.25) is 4.79 Å². The second-order valence-electron chi connectivity index (χ2n) is 8.66. The summed E-state index contributed by atoms with van der Waals surface area (Å²) in [7, 11) is -3.35. The molecule has 3 aromatic carbocycles. The lowest BCUT2D eigenvalue weighted by Gasteiger charge is -2.41. The molecule has 1 aliphatic rings. The Hall–Kier alpha value is -3.51. The van der Waals surface area contributed by atoms with E-state index < -0.39 is 16.1 Å². The van der Waals surface area contributed by atoms with Crippen LogP contribution in [0.5, 0.6) is 0 Å². The highest BCUT2D eigenvalue weighted by atomic mass is 32.2. The van der Waals surface area contributed by atoms with Crippen molar-refractivity contribution >= 4 is 21.6 Å². The van der Waals surface area contributed by atoms with Gasteiger partial charge in [-0.25, -0.2) is 17.5 Å². The van der Waals surface area contributed by atoms with E-state index in [-0.39, 0.29) is 24.3 Å². The van der Waals surface area contributed by atoms with Crippen molar-refractivity contribution in [2.75, 3.05) is 17.7 Å². The molecular weight excluding hydrogens is 479 g/mol. The second kappa shape index (κ2) is 11.0. The van der Waals surface area contributed by atoms with E-state index in [4.69, 9.17) is 0 Å². The maximum atomic E-state index is 13.2. The van der Waals surface area contributed by atoms with Gasteiger partial charge in [0, 0.05) is 11.3 Å². The van der Waals surface area contributed by atoms with Crippen LogP contribution in [0.25, 0.3) is 0 Å². The van der Waals surface area contributed by atoms with E-state index in [1.54, 1.807) is 17.0 Å². The van der Waals surface area contributed by atoms with Crippen LogP contribution in [0.15, 0.2) is 66.7 Å². The Kier molecular flexibility index (Phi) is 7.85. The van der Waals surface area contributed by atoms with Crippen LogP contribution in [-0.2, 0) is 21.2 Å². The number of rotatable bonds is 8. The van der Waals surface area contributed by atoms with Crippen LogP contribution in [0, 0.1) is 23.7 Å². The Bertz CT molecular complexity index is 1400. The van der Waals surface area contributed by atoms with Gasteiger partial charge in [0.15, 0.2) is 0 Å². The summed E-state index contributed by atoms with van der Waals surface area (Å²) >= 11 is 0. The van der Waals surface area contributed by atoms with Crippen molar-refractivity contribution < 1.29 is 22.7 Å². The van der Waals surface area contributed by atoms with Crippen LogP contribution in [-0.4, -0.2) is 32.2 Å². The topological polar surface area (TPSA) is 86.7 Å². The number of carbonyl (C=O) groups is 1. The molecule has 6 nitrogen and oxygen atoms in total. The number of nitrogens with zero attached hydrogens (tertiary/aromatic N) is 1. The number of nitrogens with one attached hydrogen (secondary N) is 1. The van der Waals surface area contributed by atoms with Gasteiger partial charge in [-0.15, -0.1) is 0 Å². The molecule has 1 unspecified atom stereocenters. The molecule has 2 N–H and O–H groups in total. The molecule has 3 aromatic rings. The van der Waals surface area contributed by atoms with Crippen molar-refractivity contribution in [3.8, 4) is 11.8 Å². The fraction of sp³-hybridized carbons (Fsp3) is 0.250. The highest BCUT2D eigenvalue weighted by Crippen LogP contribution is 2.39. The minimum absolute atomic E-state index is 0.0151. The molecule has 0 spiro atoms. The van der Waals surface area contributed by atoms with E-state index in [0.717, 1.165) is 23.1 Å². The van der Waals surface area contributed by atoms with Gasteiger partial charge in [0.05, 0.1) is 31.4 Å². The molecule has 0 saturated carbocycles. The molecular formula is C28H26FN2O4S. The van der Waals surface area contributed by atoms with E-state index in [1.165, 1.54) is 12.1 Å². The summed E-state index contributed by atoms with van der Waals surface area (Å²) < 4.78 is 38.2. The Labute approximate surface area is 210 Å². The number of benzene rings is 3. The van der Waals surface area contributed by atoms with Gasteiger partial charge in [0.1, 0.15) is 5.82 Å². The van der Waals surface area contributed by atoms with Crippen molar-refractivity contribution in [3.63, 3.8) is 0 Å². The van der Waals surface area contributed by atoms with Gasteiger partial charge in [-0.05, 0) is 65.9 Å². The van der Waals surface area contributed by atoms with Crippen LogP contribution in [0.4, 0.5) is 10.1 Å². The number of β-lactam (4-membered cyclic amide) rings is 1. The predicted octanol–water partition coefficient (Wildman–Crippen LogP) is 3.67. The maximum absolute atomic E-state index is 13.2. The van der Waals surface area contributed by atoms with Gasteiger partial charge in [0.25, 0.3) is 0 Å². The summed E-state index contributed by atoms with van der Waals surface area (Å²) in [5.41, 5.74) is 3.86. The summed E-state index contributed by atoms with van der Waals surface area (Å²) in [4.78, 5) is 14.3. The van der Waals surface area contributed by atoms with Crippen LogP contribution in [0.2, 0.25) is 0 Å². The van der Waals surface area contributed by atoms with Crippen molar-refractivity contribution in [1.82, 2.24) is 4.72 Å². The molecule has 0 aliphatic carbocycles. The molecule has 185 valence electrons. The molecule has 1 fully saturated rings. The highest BCUT2D eigenvalue weighted by Gasteiger charge is 2.38. The first-order valence-electron chi connectivity index (χ1n) is 11.5. The molecule has 0 bridgehead atoms. The quantitative estimate of drug-likeness (QED) is 0.361. The second-order valence-corrected chi connectivity index (χ2v) is 10.5. The summed E-state index contributed by atoms with van der Waals surface area (Å²) in [6.45, 7) is -0.0318. The number of aliphatic hydroxyl groups is 1. The highest BCUT2D eigenvalue weighted by molar-refractivity contribution is 7.88. The Balaban J connectivity index is 1.59. The molecule has 1 amide bonds. The summed E-state index contributed by atoms with van der Waals surface area (Å²) in [5, 5.41) is 10.6. The molecule has 2 atom stereocenters. The van der Waals surface area contributed by atoms with Gasteiger partial charge < -0.3 is 10.0 Å². The van der Waals surface area contributed by atoms with Crippen molar-refractivity contribution in [2.24, 2.45) is 0 Å². The van der Waals surface area contributed by atoms with E-state index in [2.05, 4.69) is 22.6 Å². The lowest BCUT2D eigenvalue weighted by molar-refractivity contribution is -0.124. The van der Waals surface area contributed by atoms with Crippen LogP contribution < -0.4 is 9.62 Å². The number of carbonyl (C=O) groups excluding carboxylic acids is 1. The van der Waals surface area contributed by atoms with Crippen molar-refractivity contribution in [3.05, 3.63) is 101 Å². The Morgan fingerprint density at radius 2 is 1.89 bits per heavy atom. The number of sulfonamides is 1. The normalized spacial score (nSPS) is 16.1.